The van der Waals surface area contributed by atoms with Crippen LogP contribution in [0.1, 0.15) is 48.9 Å². The number of hydrogen-bond acceptors (Lipinski definition) is 4. The molecule has 1 aromatic heterocycles. The highest BCUT2D eigenvalue weighted by molar-refractivity contribution is 7.98. The first-order valence-electron chi connectivity index (χ1n) is 9.45. The summed E-state index contributed by atoms with van der Waals surface area (Å²) < 4.78 is 5.83. The number of thioether (sulfide) groups is 1. The molecule has 1 aliphatic rings. The number of furan rings is 1. The number of rotatable bonds is 7. The van der Waals surface area contributed by atoms with Crippen LogP contribution in [0.25, 0.3) is 0 Å². The monoisotopic (exact) mass is 386 g/mol. The molecule has 1 unspecified atom stereocenters. The quantitative estimate of drug-likeness (QED) is 0.728. The summed E-state index contributed by atoms with van der Waals surface area (Å²) in [5.41, 5.74) is 0. The Labute approximate surface area is 164 Å². The third-order valence-corrected chi connectivity index (χ3v) is 5.77. The number of nitrogens with one attached hydrogen (secondary N) is 1. The first-order chi connectivity index (χ1) is 13.1. The van der Waals surface area contributed by atoms with E-state index in [2.05, 4.69) is 17.4 Å². The molecule has 0 spiro atoms. The van der Waals surface area contributed by atoms with Crippen molar-refractivity contribution in [3.05, 3.63) is 54.0 Å². The molecule has 1 fully saturated rings. The van der Waals surface area contributed by atoms with E-state index in [4.69, 9.17) is 4.42 Å². The van der Waals surface area contributed by atoms with E-state index in [0.29, 0.717) is 18.1 Å². The number of nitrogens with zero attached hydrogens (tertiary/aromatic N) is 1. The molecule has 1 atom stereocenters. The van der Waals surface area contributed by atoms with Crippen molar-refractivity contribution in [2.24, 2.45) is 0 Å². The Kier molecular flexibility index (Phi) is 6.98. The number of benzene rings is 1. The SMILES string of the molecule is CC(=O)NCCC1CCCCN1C(=O)c1ccc(CSc2ccccc2)o1. The van der Waals surface area contributed by atoms with Crippen molar-refractivity contribution < 1.29 is 14.0 Å². The van der Waals surface area contributed by atoms with Crippen molar-refractivity contribution in [3.63, 3.8) is 0 Å². The predicted molar refractivity (Wildman–Crippen MR) is 107 cm³/mol. The summed E-state index contributed by atoms with van der Waals surface area (Å²) in [6.45, 7) is 2.86. The van der Waals surface area contributed by atoms with Crippen LogP contribution in [-0.2, 0) is 10.5 Å². The molecule has 1 aromatic carbocycles. The minimum atomic E-state index is -0.0431. The second-order valence-electron chi connectivity index (χ2n) is 6.79. The Morgan fingerprint density at radius 2 is 2.00 bits per heavy atom. The summed E-state index contributed by atoms with van der Waals surface area (Å²) in [7, 11) is 0. The van der Waals surface area contributed by atoms with Gasteiger partial charge in [-0.25, -0.2) is 0 Å². The topological polar surface area (TPSA) is 62.6 Å². The van der Waals surface area contributed by atoms with Gasteiger partial charge in [0.25, 0.3) is 5.91 Å². The summed E-state index contributed by atoms with van der Waals surface area (Å²) in [6, 6.07) is 14.0. The van der Waals surface area contributed by atoms with Gasteiger partial charge in [0.05, 0.1) is 5.75 Å². The Balaban J connectivity index is 1.58. The lowest BCUT2D eigenvalue weighted by Crippen LogP contribution is -2.45. The van der Waals surface area contributed by atoms with Crippen LogP contribution in [0.3, 0.4) is 0 Å². The second-order valence-corrected chi connectivity index (χ2v) is 7.84. The van der Waals surface area contributed by atoms with Crippen LogP contribution in [0.15, 0.2) is 51.8 Å². The summed E-state index contributed by atoms with van der Waals surface area (Å²) in [4.78, 5) is 27.1. The maximum Gasteiger partial charge on any atom is 0.289 e. The van der Waals surface area contributed by atoms with Gasteiger partial charge in [-0.3, -0.25) is 9.59 Å². The molecule has 2 amide bonds. The maximum absolute atomic E-state index is 12.9. The van der Waals surface area contributed by atoms with Crippen molar-refractivity contribution in [3.8, 4) is 0 Å². The number of hydrogen-bond donors (Lipinski definition) is 1. The van der Waals surface area contributed by atoms with E-state index in [0.717, 1.165) is 38.0 Å². The van der Waals surface area contributed by atoms with E-state index in [-0.39, 0.29) is 17.9 Å². The highest BCUT2D eigenvalue weighted by atomic mass is 32.2. The van der Waals surface area contributed by atoms with Gasteiger partial charge in [0.1, 0.15) is 5.76 Å². The lowest BCUT2D eigenvalue weighted by Gasteiger charge is -2.35. The van der Waals surface area contributed by atoms with Gasteiger partial charge in [-0.1, -0.05) is 18.2 Å². The van der Waals surface area contributed by atoms with Gasteiger partial charge >= 0.3 is 0 Å². The fourth-order valence-corrected chi connectivity index (χ4v) is 4.18. The number of piperidine rings is 1. The number of likely N-dealkylation sites (tertiary alicyclic amines) is 1. The molecule has 6 heteroatoms. The van der Waals surface area contributed by atoms with Gasteiger partial charge in [-0.05, 0) is 49.9 Å². The van der Waals surface area contributed by atoms with Crippen molar-refractivity contribution in [2.75, 3.05) is 13.1 Å². The number of carbonyl (C=O) groups excluding carboxylic acids is 2. The molecule has 2 aromatic rings. The van der Waals surface area contributed by atoms with Crippen molar-refractivity contribution in [1.29, 1.82) is 0 Å². The molecular formula is C21H26N2O3S. The van der Waals surface area contributed by atoms with Crippen molar-refractivity contribution in [1.82, 2.24) is 10.2 Å². The van der Waals surface area contributed by atoms with Crippen LogP contribution in [-0.4, -0.2) is 35.8 Å². The third-order valence-electron chi connectivity index (χ3n) is 4.74. The molecule has 3 rings (SSSR count). The van der Waals surface area contributed by atoms with Crippen molar-refractivity contribution >= 4 is 23.6 Å². The zero-order valence-corrected chi connectivity index (χ0v) is 16.5. The summed E-state index contributed by atoms with van der Waals surface area (Å²) >= 11 is 1.69. The Morgan fingerprint density at radius 3 is 2.78 bits per heavy atom. The molecule has 144 valence electrons. The molecule has 1 aliphatic heterocycles. The van der Waals surface area contributed by atoms with E-state index >= 15 is 0 Å². The van der Waals surface area contributed by atoms with E-state index in [1.165, 1.54) is 11.8 Å². The molecule has 0 bridgehead atoms. The summed E-state index contributed by atoms with van der Waals surface area (Å²) in [5, 5.41) is 2.83. The van der Waals surface area contributed by atoms with Gasteiger partial charge < -0.3 is 14.6 Å². The molecule has 5 nitrogen and oxygen atoms in total. The number of carbonyl (C=O) groups is 2. The van der Waals surface area contributed by atoms with Crippen LogP contribution in [0.5, 0.6) is 0 Å². The van der Waals surface area contributed by atoms with E-state index < -0.39 is 0 Å². The lowest BCUT2D eigenvalue weighted by molar-refractivity contribution is -0.119. The highest BCUT2D eigenvalue weighted by Gasteiger charge is 2.29. The predicted octanol–water partition coefficient (Wildman–Crippen LogP) is 4.09. The molecule has 0 aliphatic carbocycles. The van der Waals surface area contributed by atoms with Gasteiger partial charge in [-0.2, -0.15) is 0 Å². The third kappa shape index (κ3) is 5.63. The summed E-state index contributed by atoms with van der Waals surface area (Å²) in [6.07, 6.45) is 3.89. The van der Waals surface area contributed by atoms with E-state index in [1.54, 1.807) is 17.8 Å². The molecule has 27 heavy (non-hydrogen) atoms. The first-order valence-corrected chi connectivity index (χ1v) is 10.4. The Morgan fingerprint density at radius 1 is 1.19 bits per heavy atom. The molecule has 0 saturated carbocycles. The largest absolute Gasteiger partial charge is 0.455 e. The fraction of sp³-hybridized carbons (Fsp3) is 0.429. The van der Waals surface area contributed by atoms with Crippen molar-refractivity contribution in [2.45, 2.75) is 49.3 Å². The minimum Gasteiger partial charge on any atom is -0.455 e. The maximum atomic E-state index is 12.9. The standard InChI is InChI=1S/C21H26N2O3S/c1-16(24)22-13-12-17-7-5-6-14-23(17)21(25)20-11-10-18(26-20)15-27-19-8-3-2-4-9-19/h2-4,8-11,17H,5-7,12-15H2,1H3,(H,22,24). The lowest BCUT2D eigenvalue weighted by atomic mass is 9.99. The summed E-state index contributed by atoms with van der Waals surface area (Å²) in [5.74, 6) is 1.83. The zero-order valence-electron chi connectivity index (χ0n) is 15.6. The smallest absolute Gasteiger partial charge is 0.289 e. The first kappa shape index (κ1) is 19.5. The van der Waals surface area contributed by atoms with Crippen LogP contribution in [0, 0.1) is 0 Å². The van der Waals surface area contributed by atoms with Crippen LogP contribution in [0.4, 0.5) is 0 Å². The molecule has 1 saturated heterocycles. The average molecular weight is 387 g/mol. The number of amides is 2. The van der Waals surface area contributed by atoms with Crippen LogP contribution < -0.4 is 5.32 Å². The average Bonchev–Trinajstić information content (AvgIpc) is 3.16. The van der Waals surface area contributed by atoms with Gasteiger partial charge in [0.2, 0.25) is 5.91 Å². The Bertz CT molecular complexity index is 760. The van der Waals surface area contributed by atoms with E-state index in [9.17, 15) is 9.59 Å². The molecule has 2 heterocycles. The highest BCUT2D eigenvalue weighted by Crippen LogP contribution is 2.26. The van der Waals surface area contributed by atoms with Gasteiger partial charge in [-0.15, -0.1) is 11.8 Å². The van der Waals surface area contributed by atoms with Crippen LogP contribution in [0.2, 0.25) is 0 Å². The van der Waals surface area contributed by atoms with Gasteiger partial charge in [0.15, 0.2) is 5.76 Å². The molecule has 0 radical (unpaired) electrons. The normalized spacial score (nSPS) is 16.9. The Hall–Kier alpha value is -2.21. The second kappa shape index (κ2) is 9.65. The molecule has 1 N–H and O–H groups in total. The fourth-order valence-electron chi connectivity index (χ4n) is 3.37. The van der Waals surface area contributed by atoms with E-state index in [1.807, 2.05) is 29.2 Å². The molecular weight excluding hydrogens is 360 g/mol. The van der Waals surface area contributed by atoms with Crippen LogP contribution >= 0.6 is 11.8 Å². The van der Waals surface area contributed by atoms with Gasteiger partial charge in [0, 0.05) is 31.0 Å². The zero-order chi connectivity index (χ0) is 19.1. The minimum absolute atomic E-state index is 0.0321.